The van der Waals surface area contributed by atoms with E-state index in [9.17, 15) is 0 Å². The highest BCUT2D eigenvalue weighted by atomic mass is 16.5. The summed E-state index contributed by atoms with van der Waals surface area (Å²) in [5.41, 5.74) is 5.17. The molecule has 0 saturated carbocycles. The van der Waals surface area contributed by atoms with Crippen LogP contribution in [0.25, 0.3) is 10.9 Å². The van der Waals surface area contributed by atoms with Crippen LogP contribution in [0.3, 0.4) is 0 Å². The van der Waals surface area contributed by atoms with Crippen LogP contribution in [0.5, 0.6) is 5.75 Å². The zero-order valence-corrected chi connectivity index (χ0v) is 19.4. The number of nitrogens with one attached hydrogen (secondary N) is 1. The molecule has 1 aliphatic carbocycles. The molecule has 0 saturated heterocycles. The van der Waals surface area contributed by atoms with E-state index >= 15 is 0 Å². The smallest absolute Gasteiger partial charge is 0.119 e. The fraction of sp³-hybridized carbons (Fsp3) is 0.667. The van der Waals surface area contributed by atoms with Gasteiger partial charge in [0.2, 0.25) is 0 Å². The van der Waals surface area contributed by atoms with E-state index in [1.54, 1.807) is 7.11 Å². The Labute approximate surface area is 184 Å². The molecule has 1 aliphatic rings. The Morgan fingerprint density at radius 2 is 1.53 bits per heavy atom. The van der Waals surface area contributed by atoms with Crippen molar-refractivity contribution >= 4 is 16.6 Å². The Kier molecular flexibility index (Phi) is 9.79. The third-order valence-corrected chi connectivity index (χ3v) is 6.55. The van der Waals surface area contributed by atoms with Crippen molar-refractivity contribution in [3.05, 3.63) is 29.5 Å². The molecule has 0 aliphatic heterocycles. The van der Waals surface area contributed by atoms with E-state index in [-0.39, 0.29) is 0 Å². The first kappa shape index (κ1) is 22.9. The van der Waals surface area contributed by atoms with Gasteiger partial charge in [-0.25, -0.2) is 0 Å². The van der Waals surface area contributed by atoms with Gasteiger partial charge in [0.1, 0.15) is 5.75 Å². The molecule has 0 atom stereocenters. The van der Waals surface area contributed by atoms with E-state index in [0.717, 1.165) is 30.7 Å². The summed E-state index contributed by atoms with van der Waals surface area (Å²) in [6.07, 6.45) is 20.1. The van der Waals surface area contributed by atoms with Gasteiger partial charge in [0.05, 0.1) is 12.6 Å². The normalized spacial score (nSPS) is 13.4. The molecule has 1 heterocycles. The summed E-state index contributed by atoms with van der Waals surface area (Å²) in [6, 6.07) is 6.29. The molecule has 166 valence electrons. The first-order valence-electron chi connectivity index (χ1n) is 12.6. The van der Waals surface area contributed by atoms with Crippen molar-refractivity contribution in [2.45, 2.75) is 103 Å². The van der Waals surface area contributed by atoms with Crippen molar-refractivity contribution in [3.8, 4) is 5.75 Å². The number of rotatable bonds is 14. The van der Waals surface area contributed by atoms with Gasteiger partial charge in [-0.15, -0.1) is 0 Å². The fourth-order valence-electron chi connectivity index (χ4n) is 4.73. The van der Waals surface area contributed by atoms with E-state index in [0.29, 0.717) is 0 Å². The molecule has 0 amide bonds. The average Bonchev–Trinajstić information content (AvgIpc) is 2.78. The largest absolute Gasteiger partial charge is 0.497 e. The Balaban J connectivity index is 1.45. The van der Waals surface area contributed by atoms with Crippen LogP contribution in [0.15, 0.2) is 18.2 Å². The topological polar surface area (TPSA) is 34.2 Å². The van der Waals surface area contributed by atoms with Gasteiger partial charge in [-0.1, -0.05) is 71.1 Å². The Hall–Kier alpha value is -1.77. The molecule has 2 aromatic rings. The molecule has 3 heteroatoms. The number of fused-ring (bicyclic) bond motifs is 2. The quantitative estimate of drug-likeness (QED) is 0.322. The highest BCUT2D eigenvalue weighted by Crippen LogP contribution is 2.35. The van der Waals surface area contributed by atoms with E-state index in [4.69, 9.17) is 9.72 Å². The van der Waals surface area contributed by atoms with E-state index < -0.39 is 0 Å². The van der Waals surface area contributed by atoms with Gasteiger partial charge < -0.3 is 10.1 Å². The van der Waals surface area contributed by atoms with Crippen LogP contribution in [0.2, 0.25) is 0 Å². The molecule has 0 radical (unpaired) electrons. The zero-order chi connectivity index (χ0) is 21.0. The molecule has 0 fully saturated rings. The molecule has 3 nitrogen and oxygen atoms in total. The molecule has 1 aromatic heterocycles. The van der Waals surface area contributed by atoms with Gasteiger partial charge in [-0.05, 0) is 55.9 Å². The number of unbranched alkanes of at least 4 members (excludes halogenated alkanes) is 10. The van der Waals surface area contributed by atoms with Crippen LogP contribution in [0.4, 0.5) is 5.69 Å². The third kappa shape index (κ3) is 6.62. The molecule has 1 aromatic carbocycles. The number of hydrogen-bond donors (Lipinski definition) is 1. The molecule has 30 heavy (non-hydrogen) atoms. The van der Waals surface area contributed by atoms with Crippen LogP contribution >= 0.6 is 0 Å². The molecule has 0 bridgehead atoms. The zero-order valence-electron chi connectivity index (χ0n) is 19.4. The lowest BCUT2D eigenvalue weighted by molar-refractivity contribution is 0.415. The van der Waals surface area contributed by atoms with Crippen LogP contribution in [0.1, 0.15) is 102 Å². The predicted molar refractivity (Wildman–Crippen MR) is 130 cm³/mol. The lowest BCUT2D eigenvalue weighted by Gasteiger charge is -2.22. The summed E-state index contributed by atoms with van der Waals surface area (Å²) >= 11 is 0. The van der Waals surface area contributed by atoms with Gasteiger partial charge in [-0.2, -0.15) is 0 Å². The molecule has 1 N–H and O–H groups in total. The maximum absolute atomic E-state index is 5.48. The summed E-state index contributed by atoms with van der Waals surface area (Å²) in [5.74, 6) is 0.915. The number of benzene rings is 1. The Bertz CT molecular complexity index is 771. The van der Waals surface area contributed by atoms with Crippen molar-refractivity contribution in [1.29, 1.82) is 0 Å². The maximum Gasteiger partial charge on any atom is 0.119 e. The highest BCUT2D eigenvalue weighted by molar-refractivity contribution is 5.94. The number of aromatic nitrogens is 1. The second-order valence-corrected chi connectivity index (χ2v) is 8.96. The van der Waals surface area contributed by atoms with E-state index in [1.807, 2.05) is 6.07 Å². The van der Waals surface area contributed by atoms with Crippen LogP contribution in [-0.4, -0.2) is 18.6 Å². The first-order valence-corrected chi connectivity index (χ1v) is 12.6. The number of anilines is 1. The summed E-state index contributed by atoms with van der Waals surface area (Å²) in [5, 5.41) is 5.02. The van der Waals surface area contributed by atoms with Gasteiger partial charge in [-0.3, -0.25) is 4.98 Å². The second-order valence-electron chi connectivity index (χ2n) is 8.96. The second kappa shape index (κ2) is 12.8. The third-order valence-electron chi connectivity index (χ3n) is 6.55. The number of ether oxygens (including phenoxy) is 1. The minimum atomic E-state index is 0.915. The first-order chi connectivity index (χ1) is 14.8. The van der Waals surface area contributed by atoms with Crippen molar-refractivity contribution in [1.82, 2.24) is 4.98 Å². The van der Waals surface area contributed by atoms with E-state index in [1.165, 1.54) is 106 Å². The van der Waals surface area contributed by atoms with Crippen molar-refractivity contribution < 1.29 is 4.74 Å². The Morgan fingerprint density at radius 1 is 0.867 bits per heavy atom. The maximum atomic E-state index is 5.48. The van der Waals surface area contributed by atoms with Crippen molar-refractivity contribution in [2.24, 2.45) is 0 Å². The molecular formula is C27H42N2O. The van der Waals surface area contributed by atoms with E-state index in [2.05, 4.69) is 24.4 Å². The predicted octanol–water partition coefficient (Wildman–Crippen LogP) is 7.85. The lowest BCUT2D eigenvalue weighted by Crippen LogP contribution is -2.12. The number of hydrogen-bond acceptors (Lipinski definition) is 3. The van der Waals surface area contributed by atoms with Crippen LogP contribution < -0.4 is 10.1 Å². The number of pyridine rings is 1. The standard InChI is InChI=1S/C27H42N2O/c1-3-4-5-6-7-8-9-10-11-12-15-20-28-27-23-16-13-14-17-25(23)29-26-19-18-22(30-2)21-24(26)27/h18-19,21H,3-17,20H2,1-2H3,(H,28,29). The highest BCUT2D eigenvalue weighted by Gasteiger charge is 2.18. The van der Waals surface area contributed by atoms with Crippen LogP contribution in [0, 0.1) is 0 Å². The average molecular weight is 411 g/mol. The van der Waals surface area contributed by atoms with Gasteiger partial charge in [0.25, 0.3) is 0 Å². The summed E-state index contributed by atoms with van der Waals surface area (Å²) in [4.78, 5) is 4.97. The molecule has 0 unspecified atom stereocenters. The van der Waals surface area contributed by atoms with Crippen LogP contribution in [-0.2, 0) is 12.8 Å². The van der Waals surface area contributed by atoms with Gasteiger partial charge >= 0.3 is 0 Å². The van der Waals surface area contributed by atoms with Crippen molar-refractivity contribution in [2.75, 3.05) is 19.0 Å². The number of aryl methyl sites for hydroxylation is 1. The fourth-order valence-corrected chi connectivity index (χ4v) is 4.73. The molecular weight excluding hydrogens is 368 g/mol. The molecule has 0 spiro atoms. The minimum Gasteiger partial charge on any atom is -0.497 e. The van der Waals surface area contributed by atoms with Gasteiger partial charge in [0, 0.05) is 23.3 Å². The summed E-state index contributed by atoms with van der Waals surface area (Å²) in [6.45, 7) is 3.34. The summed E-state index contributed by atoms with van der Waals surface area (Å²) < 4.78 is 5.48. The number of methoxy groups -OCH3 is 1. The minimum absolute atomic E-state index is 0.915. The Morgan fingerprint density at radius 3 is 2.23 bits per heavy atom. The molecule has 3 rings (SSSR count). The monoisotopic (exact) mass is 410 g/mol. The number of nitrogens with zero attached hydrogens (tertiary/aromatic N) is 1. The lowest BCUT2D eigenvalue weighted by atomic mass is 9.92. The SMILES string of the molecule is CCCCCCCCCCCCCNc1c2c(nc3ccc(OC)cc13)CCCC2. The van der Waals surface area contributed by atoms with Crippen molar-refractivity contribution in [3.63, 3.8) is 0 Å². The summed E-state index contributed by atoms with van der Waals surface area (Å²) in [7, 11) is 1.74. The van der Waals surface area contributed by atoms with Gasteiger partial charge in [0.15, 0.2) is 0 Å².